The topological polar surface area (TPSA) is 99.1 Å². The molecule has 1 atom stereocenters. The van der Waals surface area contributed by atoms with Gasteiger partial charge >= 0.3 is 0 Å². The lowest BCUT2D eigenvalue weighted by Gasteiger charge is -2.07. The van der Waals surface area contributed by atoms with Crippen LogP contribution in [0.15, 0.2) is 5.34 Å². The van der Waals surface area contributed by atoms with Crippen molar-refractivity contribution in [3.05, 3.63) is 4.91 Å². The zero-order chi connectivity index (χ0) is 16.8. The summed E-state index contributed by atoms with van der Waals surface area (Å²) < 4.78 is 5.05. The molecule has 0 bridgehead atoms. The van der Waals surface area contributed by atoms with Gasteiger partial charge in [-0.1, -0.05) is 0 Å². The molecule has 0 aliphatic heterocycles. The second-order valence-corrected chi connectivity index (χ2v) is 5.21. The van der Waals surface area contributed by atoms with Crippen molar-refractivity contribution in [2.75, 3.05) is 13.7 Å². The number of methoxy groups -OCH3 is 1. The van der Waals surface area contributed by atoms with Crippen molar-refractivity contribution in [2.45, 2.75) is 64.4 Å². The first kappa shape index (κ1) is 20.4. The fourth-order valence-corrected chi connectivity index (χ4v) is 1.79. The van der Waals surface area contributed by atoms with E-state index >= 15 is 0 Å². The third kappa shape index (κ3) is 12.1. The van der Waals surface area contributed by atoms with Gasteiger partial charge in [0, 0.05) is 45.6 Å². The number of carbonyl (C=O) groups excluding carboxylic acids is 3. The van der Waals surface area contributed by atoms with E-state index in [1.165, 1.54) is 0 Å². The van der Waals surface area contributed by atoms with Crippen LogP contribution in [0.1, 0.15) is 58.3 Å². The molecule has 0 radical (unpaired) electrons. The van der Waals surface area contributed by atoms with Crippen LogP contribution in [0.3, 0.4) is 0 Å². The third-order valence-corrected chi connectivity index (χ3v) is 3.34. The first-order valence-corrected chi connectivity index (χ1v) is 7.52. The first-order chi connectivity index (χ1) is 10.5. The fraction of sp³-hybridized carbons (Fsp3) is 0.800. The van der Waals surface area contributed by atoms with Gasteiger partial charge in [-0.15, -0.1) is 4.91 Å². The average molecular weight is 315 g/mol. The van der Waals surface area contributed by atoms with Crippen molar-refractivity contribution in [3.8, 4) is 0 Å². The van der Waals surface area contributed by atoms with Gasteiger partial charge in [-0.05, 0) is 19.8 Å². The lowest BCUT2D eigenvalue weighted by molar-refractivity contribution is -0.126. The molecule has 0 aliphatic carbocycles. The van der Waals surface area contributed by atoms with E-state index in [-0.39, 0.29) is 62.2 Å². The Hall–Kier alpha value is -1.63. The first-order valence-electron chi connectivity index (χ1n) is 7.52. The molecule has 0 aliphatic rings. The average Bonchev–Trinajstić information content (AvgIpc) is 2.52. The molecule has 126 valence electrons. The smallest absolute Gasteiger partial charge is 0.155 e. The Labute approximate surface area is 130 Å². The molecule has 0 fully saturated rings. The van der Waals surface area contributed by atoms with Crippen molar-refractivity contribution < 1.29 is 24.0 Å². The van der Waals surface area contributed by atoms with Crippen molar-refractivity contribution >= 4 is 17.3 Å². The van der Waals surface area contributed by atoms with Gasteiger partial charge in [0.1, 0.15) is 24.0 Å². The number of rotatable bonds is 15. The summed E-state index contributed by atoms with van der Waals surface area (Å²) in [5, 5.41) is 2.22. The number of Topliss-reactive ketones (excluding diaryl/α,β-unsaturated/α-hetero) is 3. The van der Waals surface area contributed by atoms with Gasteiger partial charge < -0.3 is 9.57 Å². The largest absolute Gasteiger partial charge is 0.382 e. The monoisotopic (exact) mass is 315 g/mol. The van der Waals surface area contributed by atoms with Crippen LogP contribution < -0.4 is 0 Å². The Morgan fingerprint density at radius 1 is 0.909 bits per heavy atom. The van der Waals surface area contributed by atoms with E-state index in [0.717, 1.165) is 0 Å². The summed E-state index contributed by atoms with van der Waals surface area (Å²) in [4.78, 5) is 48.5. The molecule has 7 nitrogen and oxygen atoms in total. The van der Waals surface area contributed by atoms with Gasteiger partial charge in [0.15, 0.2) is 5.34 Å². The van der Waals surface area contributed by atoms with Crippen molar-refractivity contribution in [1.29, 1.82) is 0 Å². The highest BCUT2D eigenvalue weighted by atomic mass is 16.7. The van der Waals surface area contributed by atoms with Crippen LogP contribution in [0.2, 0.25) is 0 Å². The van der Waals surface area contributed by atoms with E-state index in [2.05, 4.69) is 10.2 Å². The van der Waals surface area contributed by atoms with E-state index < -0.39 is 0 Å². The summed E-state index contributed by atoms with van der Waals surface area (Å²) in [6.07, 6.45) is 2.51. The predicted molar refractivity (Wildman–Crippen MR) is 80.2 cm³/mol. The number of hydrogen-bond acceptors (Lipinski definition) is 7. The van der Waals surface area contributed by atoms with E-state index in [1.807, 2.05) is 6.92 Å². The lowest BCUT2D eigenvalue weighted by Crippen LogP contribution is -2.10. The minimum atomic E-state index is -0.0766. The summed E-state index contributed by atoms with van der Waals surface area (Å²) in [6.45, 7) is 2.00. The Kier molecular flexibility index (Phi) is 12.1. The summed E-state index contributed by atoms with van der Waals surface area (Å²) in [7, 11) is 1.59. The molecule has 0 heterocycles. The quantitative estimate of drug-likeness (QED) is 0.261. The number of carbonyl (C=O) groups is 3. The second-order valence-electron chi connectivity index (χ2n) is 5.21. The van der Waals surface area contributed by atoms with E-state index in [4.69, 9.17) is 4.74 Å². The number of ether oxygens (including phenoxy) is 1. The zero-order valence-electron chi connectivity index (χ0n) is 13.3. The third-order valence-electron chi connectivity index (χ3n) is 3.34. The zero-order valence-corrected chi connectivity index (χ0v) is 13.3. The molecule has 0 saturated carbocycles. The molecule has 0 spiro atoms. The molecule has 0 aromatic heterocycles. The molecule has 7 heteroatoms. The predicted octanol–water partition coefficient (Wildman–Crippen LogP) is 2.55. The van der Waals surface area contributed by atoms with Gasteiger partial charge in [-0.3, -0.25) is 14.4 Å². The van der Waals surface area contributed by atoms with E-state index in [9.17, 15) is 19.3 Å². The summed E-state index contributed by atoms with van der Waals surface area (Å²) in [5.41, 5.74) is 0. The molecule has 0 aromatic rings. The van der Waals surface area contributed by atoms with Crippen LogP contribution >= 0.6 is 0 Å². The van der Waals surface area contributed by atoms with E-state index in [1.54, 1.807) is 7.11 Å². The van der Waals surface area contributed by atoms with Crippen LogP contribution in [0.4, 0.5) is 0 Å². The lowest BCUT2D eigenvalue weighted by atomic mass is 10.0. The SMILES string of the molecule is COC(C)CCC(=O)CCC(=O)CCC(=O)CCCON=O. The van der Waals surface area contributed by atoms with Gasteiger partial charge in [0.2, 0.25) is 0 Å². The van der Waals surface area contributed by atoms with Crippen LogP contribution in [-0.2, 0) is 24.0 Å². The van der Waals surface area contributed by atoms with Gasteiger partial charge in [0.05, 0.1) is 6.10 Å². The second kappa shape index (κ2) is 13.1. The highest BCUT2D eigenvalue weighted by Crippen LogP contribution is 2.07. The number of hydrogen-bond donors (Lipinski definition) is 0. The maximum atomic E-state index is 11.6. The Morgan fingerprint density at radius 2 is 1.41 bits per heavy atom. The Balaban J connectivity index is 3.66. The summed E-state index contributed by atoms with van der Waals surface area (Å²) >= 11 is 0. The minimum absolute atomic E-state index is 0.0377. The van der Waals surface area contributed by atoms with Crippen LogP contribution in [-0.4, -0.2) is 37.2 Å². The Bertz CT molecular complexity index is 369. The molecular weight excluding hydrogens is 290 g/mol. The minimum Gasteiger partial charge on any atom is -0.382 e. The highest BCUT2D eigenvalue weighted by Gasteiger charge is 2.11. The van der Waals surface area contributed by atoms with Gasteiger partial charge in [-0.2, -0.15) is 0 Å². The molecule has 22 heavy (non-hydrogen) atoms. The number of nitrogens with zero attached hydrogens (tertiary/aromatic N) is 1. The van der Waals surface area contributed by atoms with Gasteiger partial charge in [0.25, 0.3) is 0 Å². The van der Waals surface area contributed by atoms with Gasteiger partial charge in [-0.25, -0.2) is 0 Å². The molecule has 0 N–H and O–H groups in total. The Morgan fingerprint density at radius 3 is 1.91 bits per heavy atom. The van der Waals surface area contributed by atoms with Crippen LogP contribution in [0, 0.1) is 4.91 Å². The maximum absolute atomic E-state index is 11.6. The fourth-order valence-electron chi connectivity index (χ4n) is 1.79. The number of ketones is 3. The van der Waals surface area contributed by atoms with Crippen molar-refractivity contribution in [3.63, 3.8) is 0 Å². The molecule has 1 unspecified atom stereocenters. The molecule has 0 rings (SSSR count). The molecule has 0 aromatic carbocycles. The maximum Gasteiger partial charge on any atom is 0.155 e. The normalized spacial score (nSPS) is 11.7. The molecule has 0 amide bonds. The van der Waals surface area contributed by atoms with Crippen molar-refractivity contribution in [2.24, 2.45) is 5.34 Å². The highest BCUT2D eigenvalue weighted by molar-refractivity contribution is 5.89. The van der Waals surface area contributed by atoms with Crippen molar-refractivity contribution in [1.82, 2.24) is 0 Å². The molecular formula is C15H25NO6. The van der Waals surface area contributed by atoms with E-state index in [0.29, 0.717) is 19.3 Å². The van der Waals surface area contributed by atoms with Crippen LogP contribution in [0.25, 0.3) is 0 Å². The summed E-state index contributed by atoms with van der Waals surface area (Å²) in [5.74, 6) is -0.0857. The molecule has 0 saturated heterocycles. The summed E-state index contributed by atoms with van der Waals surface area (Å²) in [6, 6.07) is 0. The van der Waals surface area contributed by atoms with Crippen LogP contribution in [0.5, 0.6) is 0 Å². The standard InChI is InChI=1S/C15H25NO6/c1-12(21-2)5-6-14(18)9-10-15(19)8-7-13(17)4-3-11-22-16-20/h12H,3-11H2,1-2H3.